The van der Waals surface area contributed by atoms with Crippen LogP contribution in [0.5, 0.6) is 0 Å². The van der Waals surface area contributed by atoms with Crippen LogP contribution >= 0.6 is 0 Å². The van der Waals surface area contributed by atoms with Crippen LogP contribution in [0.4, 0.5) is 4.79 Å². The molecule has 0 fully saturated rings. The van der Waals surface area contributed by atoms with Crippen molar-refractivity contribution in [3.8, 4) is 0 Å². The Hall–Kier alpha value is -2.33. The zero-order valence-corrected chi connectivity index (χ0v) is 11.8. The highest BCUT2D eigenvalue weighted by Gasteiger charge is 2.05. The Balaban J connectivity index is 1.81. The lowest BCUT2D eigenvalue weighted by atomic mass is 10.1. The van der Waals surface area contributed by atoms with Gasteiger partial charge in [0.15, 0.2) is 0 Å². The third-order valence-electron chi connectivity index (χ3n) is 3.14. The van der Waals surface area contributed by atoms with E-state index < -0.39 is 6.09 Å². The molecule has 21 heavy (non-hydrogen) atoms. The van der Waals surface area contributed by atoms with E-state index in [9.17, 15) is 4.79 Å². The number of carbonyl (C=O) groups is 1. The van der Waals surface area contributed by atoms with Crippen LogP contribution in [0.3, 0.4) is 0 Å². The normalized spacial score (nSPS) is 10.1. The molecule has 0 aliphatic carbocycles. The highest BCUT2D eigenvalue weighted by atomic mass is 16.5. The average molecular weight is 285 g/mol. The molecule has 0 atom stereocenters. The molecule has 1 amide bonds. The highest BCUT2D eigenvalue weighted by Crippen LogP contribution is 2.09. The van der Waals surface area contributed by atoms with E-state index in [1.54, 1.807) is 0 Å². The molecule has 0 aromatic heterocycles. The molecule has 0 radical (unpaired) electrons. The third kappa shape index (κ3) is 4.93. The minimum absolute atomic E-state index is 0.0927. The summed E-state index contributed by atoms with van der Waals surface area (Å²) in [6, 6.07) is 17.2. The summed E-state index contributed by atoms with van der Waals surface area (Å²) in [6.45, 7) is 0.740. The lowest BCUT2D eigenvalue weighted by Gasteiger charge is -2.10. The molecule has 0 spiro atoms. The van der Waals surface area contributed by atoms with Crippen molar-refractivity contribution in [1.82, 2.24) is 5.32 Å². The molecule has 2 aromatic carbocycles. The number of ether oxygens (including phenoxy) is 1. The predicted octanol–water partition coefficient (Wildman–Crippen LogP) is 2.65. The molecule has 110 valence electrons. The molecule has 0 saturated heterocycles. The summed E-state index contributed by atoms with van der Waals surface area (Å²) < 4.78 is 5.15. The standard InChI is InChI=1S/C17H19NO3/c19-11-10-15-8-4-5-9-16(15)12-18-17(20)21-13-14-6-2-1-3-7-14/h1-9,19H,10-13H2,(H,18,20). The first-order chi connectivity index (χ1) is 10.3. The molecule has 2 rings (SSSR count). The summed E-state index contributed by atoms with van der Waals surface area (Å²) in [6.07, 6.45) is 0.134. The van der Waals surface area contributed by atoms with Crippen molar-refractivity contribution in [3.63, 3.8) is 0 Å². The Kier molecular flexibility index (Phi) is 5.79. The topological polar surface area (TPSA) is 58.6 Å². The minimum Gasteiger partial charge on any atom is -0.445 e. The van der Waals surface area contributed by atoms with Crippen LogP contribution in [0.2, 0.25) is 0 Å². The van der Waals surface area contributed by atoms with Gasteiger partial charge in [-0.3, -0.25) is 0 Å². The number of rotatable bonds is 6. The number of aliphatic hydroxyl groups is 1. The predicted molar refractivity (Wildman–Crippen MR) is 80.7 cm³/mol. The van der Waals surface area contributed by atoms with Crippen LogP contribution in [0.15, 0.2) is 54.6 Å². The third-order valence-corrected chi connectivity index (χ3v) is 3.14. The van der Waals surface area contributed by atoms with E-state index in [1.807, 2.05) is 54.6 Å². The van der Waals surface area contributed by atoms with E-state index in [0.29, 0.717) is 13.0 Å². The van der Waals surface area contributed by atoms with Gasteiger partial charge in [0.2, 0.25) is 0 Å². The van der Waals surface area contributed by atoms with Gasteiger partial charge in [-0.2, -0.15) is 0 Å². The van der Waals surface area contributed by atoms with Crippen molar-refractivity contribution in [3.05, 3.63) is 71.3 Å². The number of hydrogen-bond acceptors (Lipinski definition) is 3. The Labute approximate surface area is 124 Å². The molecule has 0 aliphatic heterocycles. The van der Waals surface area contributed by atoms with Crippen LogP contribution in [-0.2, 0) is 24.3 Å². The van der Waals surface area contributed by atoms with Crippen LogP contribution in [0.1, 0.15) is 16.7 Å². The summed E-state index contributed by atoms with van der Waals surface area (Å²) >= 11 is 0. The SMILES string of the molecule is O=C(NCc1ccccc1CCO)OCc1ccccc1. The molecule has 4 nitrogen and oxygen atoms in total. The zero-order chi connectivity index (χ0) is 14.9. The van der Waals surface area contributed by atoms with Gasteiger partial charge in [-0.15, -0.1) is 0 Å². The summed E-state index contributed by atoms with van der Waals surface area (Å²) in [4.78, 5) is 11.7. The van der Waals surface area contributed by atoms with E-state index in [0.717, 1.165) is 16.7 Å². The smallest absolute Gasteiger partial charge is 0.407 e. The van der Waals surface area contributed by atoms with E-state index in [-0.39, 0.29) is 13.2 Å². The van der Waals surface area contributed by atoms with Gasteiger partial charge in [-0.25, -0.2) is 4.79 Å². The monoisotopic (exact) mass is 285 g/mol. The summed E-state index contributed by atoms with van der Waals surface area (Å²) in [5.74, 6) is 0. The van der Waals surface area contributed by atoms with E-state index in [4.69, 9.17) is 9.84 Å². The second-order valence-electron chi connectivity index (χ2n) is 4.66. The van der Waals surface area contributed by atoms with Gasteiger partial charge in [0, 0.05) is 13.2 Å². The van der Waals surface area contributed by atoms with Crippen LogP contribution in [-0.4, -0.2) is 17.8 Å². The van der Waals surface area contributed by atoms with E-state index in [2.05, 4.69) is 5.32 Å². The second-order valence-corrected chi connectivity index (χ2v) is 4.66. The first-order valence-corrected chi connectivity index (χ1v) is 6.92. The van der Waals surface area contributed by atoms with Crippen LogP contribution in [0.25, 0.3) is 0 Å². The summed E-state index contributed by atoms with van der Waals surface area (Å²) in [5, 5.41) is 11.7. The highest BCUT2D eigenvalue weighted by molar-refractivity contribution is 5.67. The van der Waals surface area contributed by atoms with E-state index in [1.165, 1.54) is 0 Å². The molecule has 0 bridgehead atoms. The van der Waals surface area contributed by atoms with E-state index >= 15 is 0 Å². The van der Waals surface area contributed by atoms with Gasteiger partial charge in [0.25, 0.3) is 0 Å². The molecule has 0 heterocycles. The fourth-order valence-electron chi connectivity index (χ4n) is 2.04. The van der Waals surface area contributed by atoms with Crippen molar-refractivity contribution in [1.29, 1.82) is 0 Å². The maximum absolute atomic E-state index is 11.7. The lowest BCUT2D eigenvalue weighted by molar-refractivity contribution is 0.139. The maximum atomic E-state index is 11.7. The number of carbonyl (C=O) groups excluding carboxylic acids is 1. The first-order valence-electron chi connectivity index (χ1n) is 6.92. The van der Waals surface area contributed by atoms with Gasteiger partial charge in [-0.05, 0) is 23.1 Å². The van der Waals surface area contributed by atoms with Gasteiger partial charge < -0.3 is 15.2 Å². The average Bonchev–Trinajstić information content (AvgIpc) is 2.53. The molecule has 4 heteroatoms. The van der Waals surface area contributed by atoms with Crippen LogP contribution < -0.4 is 5.32 Å². The molecule has 2 aromatic rings. The fraction of sp³-hybridized carbons (Fsp3) is 0.235. The Morgan fingerprint density at radius 2 is 1.67 bits per heavy atom. The van der Waals surface area contributed by atoms with Crippen molar-refractivity contribution in [2.24, 2.45) is 0 Å². The Bertz CT molecular complexity index is 569. The van der Waals surface area contributed by atoms with Crippen molar-refractivity contribution >= 4 is 6.09 Å². The van der Waals surface area contributed by atoms with Crippen molar-refractivity contribution in [2.45, 2.75) is 19.6 Å². The number of alkyl carbamates (subject to hydrolysis) is 1. The molecule has 0 unspecified atom stereocenters. The van der Waals surface area contributed by atoms with Crippen molar-refractivity contribution in [2.75, 3.05) is 6.61 Å². The zero-order valence-electron chi connectivity index (χ0n) is 11.8. The summed E-state index contributed by atoms with van der Waals surface area (Å²) in [7, 11) is 0. The number of benzene rings is 2. The molecule has 2 N–H and O–H groups in total. The molecule has 0 saturated carbocycles. The Morgan fingerprint density at radius 3 is 2.38 bits per heavy atom. The number of nitrogens with one attached hydrogen (secondary N) is 1. The Morgan fingerprint density at radius 1 is 1.00 bits per heavy atom. The number of hydrogen-bond donors (Lipinski definition) is 2. The quantitative estimate of drug-likeness (QED) is 0.858. The lowest BCUT2D eigenvalue weighted by Crippen LogP contribution is -2.24. The number of amides is 1. The molecular formula is C17H19NO3. The largest absolute Gasteiger partial charge is 0.445 e. The van der Waals surface area contributed by atoms with Gasteiger partial charge in [0.1, 0.15) is 6.61 Å². The number of aliphatic hydroxyl groups excluding tert-OH is 1. The fourth-order valence-corrected chi connectivity index (χ4v) is 2.04. The van der Waals surface area contributed by atoms with Crippen LogP contribution in [0, 0.1) is 0 Å². The minimum atomic E-state index is -0.447. The van der Waals surface area contributed by atoms with Gasteiger partial charge in [-0.1, -0.05) is 54.6 Å². The van der Waals surface area contributed by atoms with Gasteiger partial charge >= 0.3 is 6.09 Å². The first kappa shape index (κ1) is 15.1. The maximum Gasteiger partial charge on any atom is 0.407 e. The van der Waals surface area contributed by atoms with Gasteiger partial charge in [0.05, 0.1) is 0 Å². The summed E-state index contributed by atoms with van der Waals surface area (Å²) in [5.41, 5.74) is 2.97. The molecular weight excluding hydrogens is 266 g/mol. The second kappa shape index (κ2) is 8.07. The van der Waals surface area contributed by atoms with Crippen molar-refractivity contribution < 1.29 is 14.6 Å². The molecule has 0 aliphatic rings.